The number of thiophene rings is 1. The van der Waals surface area contributed by atoms with Gasteiger partial charge in [0.1, 0.15) is 0 Å². The maximum absolute atomic E-state index is 10.5. The predicted molar refractivity (Wildman–Crippen MR) is 53.2 cm³/mol. The number of hydrogen-bond acceptors (Lipinski definition) is 2. The standard InChI is InChI=1S/C10H8O2S.Ag/c11-10(12)5-7-6-13-9-4-2-1-3-8(7)9;/h1-4,6H,5H2,(H,11,12);. The average molecular weight is 300 g/mol. The third-order valence-corrected chi connectivity index (χ3v) is 2.92. The van der Waals surface area contributed by atoms with E-state index in [0.717, 1.165) is 15.6 Å². The van der Waals surface area contributed by atoms with Crippen molar-refractivity contribution in [2.24, 2.45) is 0 Å². The number of carboxylic acids is 1. The quantitative estimate of drug-likeness (QED) is 0.865. The summed E-state index contributed by atoms with van der Waals surface area (Å²) in [6.45, 7) is 0. The van der Waals surface area contributed by atoms with Crippen LogP contribution < -0.4 is 0 Å². The fourth-order valence-corrected chi connectivity index (χ4v) is 2.30. The van der Waals surface area contributed by atoms with Crippen molar-refractivity contribution < 1.29 is 32.3 Å². The van der Waals surface area contributed by atoms with E-state index < -0.39 is 5.97 Å². The maximum Gasteiger partial charge on any atom is 0.307 e. The Bertz CT molecular complexity index is 450. The Morgan fingerprint density at radius 1 is 1.36 bits per heavy atom. The van der Waals surface area contributed by atoms with Gasteiger partial charge in [-0.05, 0) is 22.4 Å². The van der Waals surface area contributed by atoms with Crippen LogP contribution in [0.4, 0.5) is 0 Å². The van der Waals surface area contributed by atoms with Crippen molar-refractivity contribution in [1.82, 2.24) is 0 Å². The first-order valence-electron chi connectivity index (χ1n) is 3.94. The summed E-state index contributed by atoms with van der Waals surface area (Å²) < 4.78 is 1.15. The van der Waals surface area contributed by atoms with E-state index in [1.54, 1.807) is 11.3 Å². The zero-order valence-corrected chi connectivity index (χ0v) is 9.46. The van der Waals surface area contributed by atoms with Gasteiger partial charge >= 0.3 is 5.97 Å². The van der Waals surface area contributed by atoms with Crippen molar-refractivity contribution in [2.45, 2.75) is 6.42 Å². The van der Waals surface area contributed by atoms with Crippen LogP contribution in [-0.4, -0.2) is 11.1 Å². The summed E-state index contributed by atoms with van der Waals surface area (Å²) in [7, 11) is 0. The molecule has 0 unspecified atom stereocenters. The summed E-state index contributed by atoms with van der Waals surface area (Å²) in [5.74, 6) is -0.774. The van der Waals surface area contributed by atoms with Crippen molar-refractivity contribution in [3.63, 3.8) is 0 Å². The first-order valence-corrected chi connectivity index (χ1v) is 4.82. The van der Waals surface area contributed by atoms with Crippen LogP contribution in [0.15, 0.2) is 29.6 Å². The second-order valence-corrected chi connectivity index (χ2v) is 3.74. The number of rotatable bonds is 2. The van der Waals surface area contributed by atoms with Crippen LogP contribution in [0.1, 0.15) is 5.56 Å². The fourth-order valence-electron chi connectivity index (χ4n) is 1.33. The van der Waals surface area contributed by atoms with E-state index >= 15 is 0 Å². The third kappa shape index (κ3) is 2.25. The largest absolute Gasteiger partial charge is 0.481 e. The number of carbonyl (C=O) groups is 1. The zero-order valence-electron chi connectivity index (χ0n) is 7.16. The first-order chi connectivity index (χ1) is 6.27. The molecule has 4 heteroatoms. The predicted octanol–water partition coefficient (Wildman–Crippen LogP) is 2.53. The van der Waals surface area contributed by atoms with Crippen LogP contribution in [0.5, 0.6) is 0 Å². The Hall–Kier alpha value is -0.610. The van der Waals surface area contributed by atoms with E-state index in [0.29, 0.717) is 0 Å². The summed E-state index contributed by atoms with van der Waals surface area (Å²) in [6, 6.07) is 7.86. The zero-order chi connectivity index (χ0) is 9.26. The van der Waals surface area contributed by atoms with Crippen LogP contribution in [0.3, 0.4) is 0 Å². The van der Waals surface area contributed by atoms with Gasteiger partial charge in [0, 0.05) is 27.1 Å². The molecule has 0 aliphatic rings. The number of aliphatic carboxylic acids is 1. The van der Waals surface area contributed by atoms with E-state index in [-0.39, 0.29) is 28.8 Å². The molecule has 0 aliphatic heterocycles. The Balaban J connectivity index is 0.000000980. The molecule has 2 aromatic rings. The smallest absolute Gasteiger partial charge is 0.307 e. The first kappa shape index (κ1) is 11.5. The van der Waals surface area contributed by atoms with Crippen LogP contribution >= 0.6 is 11.3 Å². The van der Waals surface area contributed by atoms with Crippen molar-refractivity contribution in [3.8, 4) is 0 Å². The molecule has 0 amide bonds. The summed E-state index contributed by atoms with van der Waals surface area (Å²) in [6.07, 6.45) is 0.115. The van der Waals surface area contributed by atoms with Gasteiger partial charge in [0.05, 0.1) is 6.42 Å². The van der Waals surface area contributed by atoms with Crippen LogP contribution in [0.25, 0.3) is 10.1 Å². The molecular weight excluding hydrogens is 292 g/mol. The van der Waals surface area contributed by atoms with E-state index in [1.807, 2.05) is 29.6 Å². The Morgan fingerprint density at radius 3 is 2.79 bits per heavy atom. The fraction of sp³-hybridized carbons (Fsp3) is 0.100. The number of benzene rings is 1. The maximum atomic E-state index is 10.5. The average Bonchev–Trinajstić information content (AvgIpc) is 2.48. The second kappa shape index (κ2) is 4.75. The SMILES string of the molecule is O=C(O)Cc1csc2ccccc12.[Ag]. The molecule has 0 spiro atoms. The molecule has 14 heavy (non-hydrogen) atoms. The second-order valence-electron chi connectivity index (χ2n) is 2.83. The molecule has 0 saturated heterocycles. The molecule has 1 radical (unpaired) electrons. The Morgan fingerprint density at radius 2 is 2.07 bits per heavy atom. The molecule has 1 N–H and O–H groups in total. The summed E-state index contributed by atoms with van der Waals surface area (Å²) in [4.78, 5) is 10.5. The van der Waals surface area contributed by atoms with Gasteiger partial charge in [0.15, 0.2) is 0 Å². The summed E-state index contributed by atoms with van der Waals surface area (Å²) in [5, 5.41) is 11.6. The summed E-state index contributed by atoms with van der Waals surface area (Å²) in [5.41, 5.74) is 0.910. The molecule has 1 heterocycles. The molecule has 0 bridgehead atoms. The van der Waals surface area contributed by atoms with Gasteiger partial charge in [-0.1, -0.05) is 18.2 Å². The molecule has 0 saturated carbocycles. The minimum atomic E-state index is -0.774. The number of carboxylic acid groups (broad SMARTS) is 1. The van der Waals surface area contributed by atoms with Gasteiger partial charge in [0.2, 0.25) is 0 Å². The van der Waals surface area contributed by atoms with Gasteiger partial charge in [-0.2, -0.15) is 0 Å². The third-order valence-electron chi connectivity index (χ3n) is 1.90. The summed E-state index contributed by atoms with van der Waals surface area (Å²) >= 11 is 1.59. The Kier molecular flexibility index (Phi) is 3.89. The minimum absolute atomic E-state index is 0. The molecule has 1 aromatic heterocycles. The molecule has 2 rings (SSSR count). The van der Waals surface area contributed by atoms with Crippen molar-refractivity contribution >= 4 is 27.4 Å². The molecule has 77 valence electrons. The molecule has 1 aromatic carbocycles. The molecule has 0 atom stereocenters. The van der Waals surface area contributed by atoms with Gasteiger partial charge < -0.3 is 5.11 Å². The van der Waals surface area contributed by atoms with E-state index in [2.05, 4.69) is 0 Å². The monoisotopic (exact) mass is 299 g/mol. The Labute approximate surface area is 101 Å². The number of fused-ring (bicyclic) bond motifs is 1. The minimum Gasteiger partial charge on any atom is -0.481 e. The van der Waals surface area contributed by atoms with Crippen molar-refractivity contribution in [1.29, 1.82) is 0 Å². The van der Waals surface area contributed by atoms with Gasteiger partial charge in [-0.15, -0.1) is 11.3 Å². The van der Waals surface area contributed by atoms with E-state index in [9.17, 15) is 4.79 Å². The van der Waals surface area contributed by atoms with Gasteiger partial charge in [0.25, 0.3) is 0 Å². The van der Waals surface area contributed by atoms with Crippen molar-refractivity contribution in [2.75, 3.05) is 0 Å². The van der Waals surface area contributed by atoms with E-state index in [4.69, 9.17) is 5.11 Å². The molecule has 0 aliphatic carbocycles. The van der Waals surface area contributed by atoms with Gasteiger partial charge in [-0.25, -0.2) is 0 Å². The van der Waals surface area contributed by atoms with Crippen LogP contribution in [0, 0.1) is 0 Å². The number of hydrogen-bond donors (Lipinski definition) is 1. The molecular formula is C10H8AgO2S. The normalized spacial score (nSPS) is 9.71. The molecule has 2 nitrogen and oxygen atoms in total. The van der Waals surface area contributed by atoms with E-state index in [1.165, 1.54) is 0 Å². The van der Waals surface area contributed by atoms with Crippen LogP contribution in [-0.2, 0) is 33.6 Å². The topological polar surface area (TPSA) is 37.3 Å². The van der Waals surface area contributed by atoms with Crippen molar-refractivity contribution in [3.05, 3.63) is 35.2 Å². The molecule has 0 fully saturated rings. The van der Waals surface area contributed by atoms with Gasteiger partial charge in [-0.3, -0.25) is 4.79 Å². The van der Waals surface area contributed by atoms with Crippen LogP contribution in [0.2, 0.25) is 0 Å².